The van der Waals surface area contributed by atoms with Crippen molar-refractivity contribution in [2.24, 2.45) is 0 Å². The van der Waals surface area contributed by atoms with E-state index in [0.29, 0.717) is 4.83 Å². The molecule has 0 saturated heterocycles. The van der Waals surface area contributed by atoms with E-state index in [9.17, 15) is 4.79 Å². The summed E-state index contributed by atoms with van der Waals surface area (Å²) in [5.74, 6) is -0.242. The average molecular weight is 311 g/mol. The molecule has 0 saturated carbocycles. The van der Waals surface area contributed by atoms with Gasteiger partial charge in [0.2, 0.25) is 0 Å². The van der Waals surface area contributed by atoms with Crippen LogP contribution >= 0.6 is 15.9 Å². The summed E-state index contributed by atoms with van der Waals surface area (Å²) >= 11 is 3.50. The third-order valence-electron chi connectivity index (χ3n) is 2.55. The first kappa shape index (κ1) is 15.0. The molecule has 0 N–H and O–H groups in total. The van der Waals surface area contributed by atoms with E-state index in [1.165, 1.54) is 6.92 Å². The summed E-state index contributed by atoms with van der Waals surface area (Å²) in [4.78, 5) is 11.4. The number of alkyl halides is 1. The number of halogens is 1. The molecule has 2 atom stereocenters. The Labute approximate surface area is 117 Å². The molecule has 98 valence electrons. The van der Waals surface area contributed by atoms with Crippen LogP contribution in [0.1, 0.15) is 32.8 Å². The van der Waals surface area contributed by atoms with E-state index < -0.39 is 0 Å². The molecule has 0 heterocycles. The van der Waals surface area contributed by atoms with Crippen molar-refractivity contribution in [3.63, 3.8) is 0 Å². The average Bonchev–Trinajstić information content (AvgIpc) is 2.28. The molecule has 18 heavy (non-hydrogen) atoms. The SMILES string of the molecule is CC(=O)O[C@H](C[C@H](C)Br)/C(C)=C/c1ccccc1. The lowest BCUT2D eigenvalue weighted by molar-refractivity contribution is -0.144. The summed E-state index contributed by atoms with van der Waals surface area (Å²) in [6, 6.07) is 10.0. The van der Waals surface area contributed by atoms with Gasteiger partial charge in [-0.15, -0.1) is 0 Å². The number of benzene rings is 1. The fraction of sp³-hybridized carbons (Fsp3) is 0.400. The molecule has 2 nitrogen and oxygen atoms in total. The Balaban J connectivity index is 2.84. The second kappa shape index (κ2) is 7.37. The summed E-state index contributed by atoms with van der Waals surface area (Å²) in [5, 5.41) is 0. The zero-order valence-corrected chi connectivity index (χ0v) is 12.6. The van der Waals surface area contributed by atoms with Crippen molar-refractivity contribution in [1.82, 2.24) is 0 Å². The Bertz CT molecular complexity index is 410. The topological polar surface area (TPSA) is 26.3 Å². The first-order chi connectivity index (χ1) is 8.49. The fourth-order valence-electron chi connectivity index (χ4n) is 1.73. The zero-order chi connectivity index (χ0) is 13.5. The smallest absolute Gasteiger partial charge is 0.303 e. The van der Waals surface area contributed by atoms with Crippen LogP contribution in [0, 0.1) is 0 Å². The number of ether oxygens (including phenoxy) is 1. The zero-order valence-electron chi connectivity index (χ0n) is 11.0. The highest BCUT2D eigenvalue weighted by molar-refractivity contribution is 9.09. The summed E-state index contributed by atoms with van der Waals surface area (Å²) < 4.78 is 5.36. The van der Waals surface area contributed by atoms with Gasteiger partial charge >= 0.3 is 5.97 Å². The Morgan fingerprint density at radius 3 is 2.44 bits per heavy atom. The summed E-state index contributed by atoms with van der Waals surface area (Å²) in [5.41, 5.74) is 2.18. The highest BCUT2D eigenvalue weighted by Gasteiger charge is 2.16. The van der Waals surface area contributed by atoms with E-state index in [0.717, 1.165) is 17.6 Å². The molecule has 0 aliphatic carbocycles. The molecular weight excluding hydrogens is 292 g/mol. The van der Waals surface area contributed by atoms with Crippen molar-refractivity contribution in [2.45, 2.75) is 38.1 Å². The summed E-state index contributed by atoms with van der Waals surface area (Å²) in [7, 11) is 0. The minimum Gasteiger partial charge on any atom is -0.458 e. The second-order valence-corrected chi connectivity index (χ2v) is 5.98. The molecule has 3 heteroatoms. The molecule has 0 bridgehead atoms. The standard InChI is InChI=1S/C15H19BrO2/c1-11(9-14-7-5-4-6-8-14)15(10-12(2)16)18-13(3)17/h4-9,12,15H,10H2,1-3H3/b11-9+/t12-,15+/m0/s1. The van der Waals surface area contributed by atoms with Gasteiger partial charge in [0.25, 0.3) is 0 Å². The number of hydrogen-bond donors (Lipinski definition) is 0. The molecule has 0 amide bonds. The van der Waals surface area contributed by atoms with Crippen molar-refractivity contribution in [3.05, 3.63) is 41.5 Å². The van der Waals surface area contributed by atoms with Gasteiger partial charge in [0.05, 0.1) is 0 Å². The third-order valence-corrected chi connectivity index (χ3v) is 2.92. The lowest BCUT2D eigenvalue weighted by Crippen LogP contribution is -2.20. The van der Waals surface area contributed by atoms with E-state index in [1.54, 1.807) is 0 Å². The Kier molecular flexibility index (Phi) is 6.13. The van der Waals surface area contributed by atoms with Gasteiger partial charge in [0.1, 0.15) is 6.10 Å². The molecule has 1 rings (SSSR count). The van der Waals surface area contributed by atoms with Crippen LogP contribution in [0.25, 0.3) is 6.08 Å². The van der Waals surface area contributed by atoms with Gasteiger partial charge < -0.3 is 4.74 Å². The van der Waals surface area contributed by atoms with Crippen LogP contribution in [0.3, 0.4) is 0 Å². The number of rotatable bonds is 5. The summed E-state index contributed by atoms with van der Waals surface area (Å²) in [6.45, 7) is 5.49. The van der Waals surface area contributed by atoms with Crippen LogP contribution in [-0.4, -0.2) is 16.9 Å². The van der Waals surface area contributed by atoms with Crippen LogP contribution in [-0.2, 0) is 9.53 Å². The number of carbonyl (C=O) groups excluding carboxylic acids is 1. The van der Waals surface area contributed by atoms with Crippen molar-refractivity contribution >= 4 is 28.0 Å². The minimum atomic E-state index is -0.242. The number of carbonyl (C=O) groups is 1. The highest BCUT2D eigenvalue weighted by Crippen LogP contribution is 2.19. The number of hydrogen-bond acceptors (Lipinski definition) is 2. The Hall–Kier alpha value is -1.09. The first-order valence-electron chi connectivity index (χ1n) is 6.03. The minimum absolute atomic E-state index is 0.169. The normalized spacial score (nSPS) is 15.0. The molecule has 0 aromatic heterocycles. The first-order valence-corrected chi connectivity index (χ1v) is 6.95. The predicted molar refractivity (Wildman–Crippen MR) is 78.7 cm³/mol. The maximum absolute atomic E-state index is 11.1. The molecule has 0 unspecified atom stereocenters. The highest BCUT2D eigenvalue weighted by atomic mass is 79.9. The van der Waals surface area contributed by atoms with Gasteiger partial charge in [-0.2, -0.15) is 0 Å². The van der Waals surface area contributed by atoms with E-state index in [2.05, 4.69) is 22.0 Å². The lowest BCUT2D eigenvalue weighted by atomic mass is 10.0. The van der Waals surface area contributed by atoms with Crippen LogP contribution in [0.4, 0.5) is 0 Å². The molecular formula is C15H19BrO2. The fourth-order valence-corrected chi connectivity index (χ4v) is 2.07. The quantitative estimate of drug-likeness (QED) is 0.602. The van der Waals surface area contributed by atoms with Gasteiger partial charge in [-0.1, -0.05) is 59.3 Å². The maximum Gasteiger partial charge on any atom is 0.303 e. The van der Waals surface area contributed by atoms with Crippen molar-refractivity contribution in [1.29, 1.82) is 0 Å². The number of esters is 1. The third kappa shape index (κ3) is 5.50. The largest absolute Gasteiger partial charge is 0.458 e. The molecule has 0 spiro atoms. The van der Waals surface area contributed by atoms with Crippen LogP contribution in [0.5, 0.6) is 0 Å². The van der Waals surface area contributed by atoms with Gasteiger partial charge in [0.15, 0.2) is 0 Å². The molecule has 0 radical (unpaired) electrons. The van der Waals surface area contributed by atoms with Crippen molar-refractivity contribution in [3.8, 4) is 0 Å². The Morgan fingerprint density at radius 1 is 1.33 bits per heavy atom. The van der Waals surface area contributed by atoms with Crippen molar-refractivity contribution in [2.75, 3.05) is 0 Å². The van der Waals surface area contributed by atoms with Gasteiger partial charge in [-0.05, 0) is 18.1 Å². The van der Waals surface area contributed by atoms with E-state index in [4.69, 9.17) is 4.74 Å². The molecule has 1 aromatic carbocycles. The molecule has 1 aromatic rings. The van der Waals surface area contributed by atoms with E-state index in [-0.39, 0.29) is 12.1 Å². The van der Waals surface area contributed by atoms with E-state index in [1.807, 2.05) is 44.2 Å². The molecule has 0 fully saturated rings. The summed E-state index contributed by atoms with van der Waals surface area (Å²) in [6.07, 6.45) is 2.66. The van der Waals surface area contributed by atoms with Gasteiger partial charge in [-0.25, -0.2) is 0 Å². The van der Waals surface area contributed by atoms with Gasteiger partial charge in [-0.3, -0.25) is 4.79 Å². The Morgan fingerprint density at radius 2 is 1.94 bits per heavy atom. The van der Waals surface area contributed by atoms with Crippen molar-refractivity contribution < 1.29 is 9.53 Å². The lowest BCUT2D eigenvalue weighted by Gasteiger charge is -2.19. The second-order valence-electron chi connectivity index (χ2n) is 4.41. The maximum atomic E-state index is 11.1. The molecule has 0 aliphatic rings. The van der Waals surface area contributed by atoms with Crippen LogP contribution in [0.15, 0.2) is 35.9 Å². The predicted octanol–water partition coefficient (Wildman–Crippen LogP) is 4.20. The monoisotopic (exact) mass is 310 g/mol. The van der Waals surface area contributed by atoms with Crippen LogP contribution in [0.2, 0.25) is 0 Å². The molecule has 0 aliphatic heterocycles. The van der Waals surface area contributed by atoms with Crippen LogP contribution < -0.4 is 0 Å². The van der Waals surface area contributed by atoms with Gasteiger partial charge in [0, 0.05) is 18.2 Å². The van der Waals surface area contributed by atoms with E-state index >= 15 is 0 Å².